The van der Waals surface area contributed by atoms with E-state index in [9.17, 15) is 14.0 Å². The third kappa shape index (κ3) is 4.04. The molecule has 8 heteroatoms. The van der Waals surface area contributed by atoms with E-state index in [0.717, 1.165) is 5.56 Å². The van der Waals surface area contributed by atoms with Gasteiger partial charge in [-0.3, -0.25) is 9.69 Å². The minimum Gasteiger partial charge on any atom is -0.478 e. The van der Waals surface area contributed by atoms with Crippen LogP contribution >= 0.6 is 11.8 Å². The number of carbonyl (C=O) groups excluding carboxylic acids is 1. The fourth-order valence-corrected chi connectivity index (χ4v) is 3.74. The predicted octanol–water partition coefficient (Wildman–Crippen LogP) is 5.02. The molecular formula is C22H15FN2O4S. The quantitative estimate of drug-likeness (QED) is 0.597. The van der Waals surface area contributed by atoms with Crippen LogP contribution in [0.1, 0.15) is 16.1 Å². The van der Waals surface area contributed by atoms with Gasteiger partial charge in [0.2, 0.25) is 0 Å². The van der Waals surface area contributed by atoms with Gasteiger partial charge in [0.1, 0.15) is 17.3 Å². The molecule has 0 radical (unpaired) electrons. The number of rotatable bonds is 4. The Kier molecular flexibility index (Phi) is 5.24. The highest BCUT2D eigenvalue weighted by Crippen LogP contribution is 2.34. The summed E-state index contributed by atoms with van der Waals surface area (Å²) in [6.07, 6.45) is 1.63. The van der Waals surface area contributed by atoms with E-state index in [4.69, 9.17) is 9.52 Å². The minimum absolute atomic E-state index is 0.165. The van der Waals surface area contributed by atoms with Gasteiger partial charge in [-0.15, -0.1) is 0 Å². The number of aromatic carboxylic acids is 1. The standard InChI is InChI=1S/C22H15FN2O4S/c1-25-20(26)19(30-22(25)24-16-8-4-14(5-9-16)21(27)28)12-17-10-11-18(29-17)13-2-6-15(23)7-3-13/h2-12H,1H3,(H,27,28)/b19-12-,24-22+. The fourth-order valence-electron chi connectivity index (χ4n) is 2.77. The van der Waals surface area contributed by atoms with Gasteiger partial charge in [0.15, 0.2) is 5.17 Å². The van der Waals surface area contributed by atoms with Crippen LogP contribution in [0, 0.1) is 5.82 Å². The van der Waals surface area contributed by atoms with E-state index in [-0.39, 0.29) is 17.3 Å². The Morgan fingerprint density at radius 3 is 2.47 bits per heavy atom. The molecule has 0 bridgehead atoms. The monoisotopic (exact) mass is 422 g/mol. The summed E-state index contributed by atoms with van der Waals surface area (Å²) in [5.41, 5.74) is 1.44. The van der Waals surface area contributed by atoms with Gasteiger partial charge in [-0.2, -0.15) is 0 Å². The van der Waals surface area contributed by atoms with Gasteiger partial charge in [0.25, 0.3) is 5.91 Å². The number of hydrogen-bond acceptors (Lipinski definition) is 5. The van der Waals surface area contributed by atoms with Gasteiger partial charge >= 0.3 is 5.97 Å². The van der Waals surface area contributed by atoms with Crippen LogP contribution in [0.3, 0.4) is 0 Å². The molecule has 1 aliphatic rings. The SMILES string of the molecule is CN1C(=O)/C(=C/c2ccc(-c3ccc(F)cc3)o2)S/C1=N/c1ccc(C(=O)O)cc1. The lowest BCUT2D eigenvalue weighted by Crippen LogP contribution is -2.23. The molecule has 1 aromatic heterocycles. The van der Waals surface area contributed by atoms with Crippen molar-refractivity contribution >= 4 is 40.6 Å². The molecule has 3 aromatic rings. The van der Waals surface area contributed by atoms with Gasteiger partial charge in [-0.25, -0.2) is 14.2 Å². The van der Waals surface area contributed by atoms with E-state index in [1.807, 2.05) is 0 Å². The highest BCUT2D eigenvalue weighted by atomic mass is 32.2. The molecule has 4 rings (SSSR count). The van der Waals surface area contributed by atoms with E-state index in [0.29, 0.717) is 27.3 Å². The molecule has 0 atom stereocenters. The molecule has 0 spiro atoms. The summed E-state index contributed by atoms with van der Waals surface area (Å²) in [4.78, 5) is 29.8. The van der Waals surface area contributed by atoms with Crippen molar-refractivity contribution in [1.29, 1.82) is 0 Å². The van der Waals surface area contributed by atoms with Crippen LogP contribution in [0.15, 0.2) is 75.0 Å². The average molecular weight is 422 g/mol. The van der Waals surface area contributed by atoms with E-state index in [1.54, 1.807) is 49.5 Å². The lowest BCUT2D eigenvalue weighted by molar-refractivity contribution is -0.121. The van der Waals surface area contributed by atoms with Crippen molar-refractivity contribution in [3.63, 3.8) is 0 Å². The van der Waals surface area contributed by atoms with E-state index < -0.39 is 5.97 Å². The summed E-state index contributed by atoms with van der Waals surface area (Å²) in [7, 11) is 1.62. The van der Waals surface area contributed by atoms with Crippen LogP contribution in [0.2, 0.25) is 0 Å². The minimum atomic E-state index is -1.01. The number of likely N-dealkylation sites (N-methyl/N-ethyl adjacent to an activating group) is 1. The molecule has 2 aromatic carbocycles. The largest absolute Gasteiger partial charge is 0.478 e. The van der Waals surface area contributed by atoms with Crippen molar-refractivity contribution in [2.24, 2.45) is 4.99 Å². The maximum absolute atomic E-state index is 13.1. The Balaban J connectivity index is 1.55. The van der Waals surface area contributed by atoms with Gasteiger partial charge in [-0.1, -0.05) is 0 Å². The predicted molar refractivity (Wildman–Crippen MR) is 113 cm³/mol. The van der Waals surface area contributed by atoms with Crippen molar-refractivity contribution in [2.75, 3.05) is 7.05 Å². The molecule has 1 aliphatic heterocycles. The Morgan fingerprint density at radius 1 is 1.10 bits per heavy atom. The smallest absolute Gasteiger partial charge is 0.335 e. The Hall–Kier alpha value is -3.65. The van der Waals surface area contributed by atoms with Gasteiger partial charge < -0.3 is 9.52 Å². The first kappa shape index (κ1) is 19.7. The third-order valence-electron chi connectivity index (χ3n) is 4.37. The summed E-state index contributed by atoms with van der Waals surface area (Å²) >= 11 is 1.20. The van der Waals surface area contributed by atoms with Crippen molar-refractivity contribution < 1.29 is 23.5 Å². The Bertz CT molecular complexity index is 1180. The number of halogens is 1. The maximum atomic E-state index is 13.1. The van der Waals surface area contributed by atoms with Crippen LogP contribution in [-0.4, -0.2) is 34.1 Å². The number of benzene rings is 2. The highest BCUT2D eigenvalue weighted by Gasteiger charge is 2.30. The first-order chi connectivity index (χ1) is 14.4. The van der Waals surface area contributed by atoms with E-state index in [1.165, 1.54) is 40.9 Å². The van der Waals surface area contributed by atoms with Crippen LogP contribution in [0.5, 0.6) is 0 Å². The molecule has 0 unspecified atom stereocenters. The van der Waals surface area contributed by atoms with E-state index >= 15 is 0 Å². The fraction of sp³-hybridized carbons (Fsp3) is 0.0455. The number of amidine groups is 1. The number of furan rings is 1. The molecule has 2 heterocycles. The number of amides is 1. The zero-order valence-corrected chi connectivity index (χ0v) is 16.5. The molecule has 6 nitrogen and oxygen atoms in total. The second kappa shape index (κ2) is 8.00. The molecule has 1 N–H and O–H groups in total. The maximum Gasteiger partial charge on any atom is 0.335 e. The summed E-state index contributed by atoms with van der Waals surface area (Å²) in [6, 6.07) is 15.5. The van der Waals surface area contributed by atoms with Crippen molar-refractivity contribution in [3.8, 4) is 11.3 Å². The first-order valence-corrected chi connectivity index (χ1v) is 9.68. The molecular weight excluding hydrogens is 407 g/mol. The second-order valence-electron chi connectivity index (χ2n) is 6.43. The first-order valence-electron chi connectivity index (χ1n) is 8.86. The third-order valence-corrected chi connectivity index (χ3v) is 5.43. The number of nitrogens with zero attached hydrogens (tertiary/aromatic N) is 2. The van der Waals surface area contributed by atoms with Crippen molar-refractivity contribution in [2.45, 2.75) is 0 Å². The van der Waals surface area contributed by atoms with Crippen molar-refractivity contribution in [1.82, 2.24) is 4.90 Å². The molecule has 0 aliphatic carbocycles. The molecule has 30 heavy (non-hydrogen) atoms. The number of aliphatic imine (C=N–C) groups is 1. The normalized spacial score (nSPS) is 16.6. The second-order valence-corrected chi connectivity index (χ2v) is 7.44. The number of carbonyl (C=O) groups is 2. The number of thioether (sulfide) groups is 1. The molecule has 150 valence electrons. The summed E-state index contributed by atoms with van der Waals surface area (Å²) in [6.45, 7) is 0. The van der Waals surface area contributed by atoms with Crippen LogP contribution in [-0.2, 0) is 4.79 Å². The average Bonchev–Trinajstić information content (AvgIpc) is 3.30. The van der Waals surface area contributed by atoms with Gasteiger partial charge in [-0.05, 0) is 72.4 Å². The Labute approximate surface area is 175 Å². The van der Waals surface area contributed by atoms with Crippen molar-refractivity contribution in [3.05, 3.63) is 82.7 Å². The lowest BCUT2D eigenvalue weighted by atomic mass is 10.2. The summed E-state index contributed by atoms with van der Waals surface area (Å²) in [5.74, 6) is -0.502. The number of carboxylic acid groups (broad SMARTS) is 1. The molecule has 1 fully saturated rings. The number of carboxylic acids is 1. The summed E-state index contributed by atoms with van der Waals surface area (Å²) in [5, 5.41) is 9.44. The van der Waals surface area contributed by atoms with Crippen LogP contribution in [0.25, 0.3) is 17.4 Å². The van der Waals surface area contributed by atoms with Crippen LogP contribution < -0.4 is 0 Å². The zero-order chi connectivity index (χ0) is 21.3. The van der Waals surface area contributed by atoms with Gasteiger partial charge in [0, 0.05) is 18.7 Å². The lowest BCUT2D eigenvalue weighted by Gasteiger charge is -2.07. The summed E-state index contributed by atoms with van der Waals surface area (Å²) < 4.78 is 18.8. The molecule has 1 saturated heterocycles. The molecule has 1 amide bonds. The zero-order valence-electron chi connectivity index (χ0n) is 15.7. The molecule has 0 saturated carbocycles. The van der Waals surface area contributed by atoms with E-state index in [2.05, 4.69) is 4.99 Å². The topological polar surface area (TPSA) is 83.1 Å². The van der Waals surface area contributed by atoms with Gasteiger partial charge in [0.05, 0.1) is 16.2 Å². The van der Waals surface area contributed by atoms with Crippen LogP contribution in [0.4, 0.5) is 10.1 Å². The number of hydrogen-bond donors (Lipinski definition) is 1. The highest BCUT2D eigenvalue weighted by molar-refractivity contribution is 8.18. The Morgan fingerprint density at radius 2 is 1.80 bits per heavy atom.